The maximum Gasteiger partial charge on any atom is 0.280 e. The monoisotopic (exact) mass is 235 g/mol. The molecule has 86 valence electrons. The number of benzene rings is 1. The molecule has 0 amide bonds. The molecule has 2 aromatic rings. The number of nitrogens with zero attached hydrogens (tertiary/aromatic N) is 2. The lowest BCUT2D eigenvalue weighted by molar-refractivity contribution is -0.384. The summed E-state index contributed by atoms with van der Waals surface area (Å²) in [7, 11) is 0. The van der Waals surface area contributed by atoms with Gasteiger partial charge in [-0.1, -0.05) is 0 Å². The number of carbonyl (C=O) groups excluding carboxylic acids is 1. The molecule has 0 fully saturated rings. The van der Waals surface area contributed by atoms with Crippen molar-refractivity contribution in [3.8, 4) is 11.4 Å². The van der Waals surface area contributed by atoms with Crippen molar-refractivity contribution < 1.29 is 14.1 Å². The van der Waals surface area contributed by atoms with E-state index in [1.807, 2.05) is 0 Å². The van der Waals surface area contributed by atoms with Gasteiger partial charge in [-0.3, -0.25) is 14.9 Å². The number of carbonyl (C=O) groups is 1. The van der Waals surface area contributed by atoms with Crippen LogP contribution in [0.5, 0.6) is 0 Å². The van der Waals surface area contributed by atoms with Gasteiger partial charge in [0.1, 0.15) is 11.6 Å². The van der Waals surface area contributed by atoms with E-state index in [1.165, 1.54) is 6.20 Å². The number of halogens is 1. The number of aldehydes is 1. The highest BCUT2D eigenvalue weighted by Gasteiger charge is 2.18. The summed E-state index contributed by atoms with van der Waals surface area (Å²) in [5.41, 5.74) is -0.111. The molecule has 0 aliphatic rings. The summed E-state index contributed by atoms with van der Waals surface area (Å²) in [6.07, 6.45) is 1.73. The Labute approximate surface area is 94.3 Å². The van der Waals surface area contributed by atoms with E-state index in [9.17, 15) is 19.3 Å². The number of hydrogen-bond donors (Lipinski definition) is 1. The molecule has 0 bridgehead atoms. The van der Waals surface area contributed by atoms with Gasteiger partial charge in [0, 0.05) is 6.07 Å². The third kappa shape index (κ3) is 2.03. The first-order valence-corrected chi connectivity index (χ1v) is 4.56. The van der Waals surface area contributed by atoms with Gasteiger partial charge >= 0.3 is 0 Å². The second-order valence-electron chi connectivity index (χ2n) is 3.22. The molecular formula is C10H6FN3O3. The standard InChI is InChI=1S/C10H6FN3O3/c11-6-1-2-9(14(16)17)8(3-6)10-12-4-7(5-15)13-10/h1-5H,(H,12,13). The van der Waals surface area contributed by atoms with Gasteiger partial charge in [0.05, 0.1) is 22.4 Å². The zero-order valence-electron chi connectivity index (χ0n) is 8.38. The zero-order valence-corrected chi connectivity index (χ0v) is 8.38. The average molecular weight is 235 g/mol. The van der Waals surface area contributed by atoms with Gasteiger partial charge < -0.3 is 4.98 Å². The summed E-state index contributed by atoms with van der Waals surface area (Å²) in [4.78, 5) is 26.9. The summed E-state index contributed by atoms with van der Waals surface area (Å²) in [5, 5.41) is 10.8. The fourth-order valence-corrected chi connectivity index (χ4v) is 1.39. The van der Waals surface area contributed by atoms with Crippen LogP contribution in [0.1, 0.15) is 10.5 Å². The van der Waals surface area contributed by atoms with Crippen LogP contribution in [0, 0.1) is 15.9 Å². The SMILES string of the molecule is O=Cc1cnc(-c2cc(F)ccc2[N+](=O)[O-])[nH]1. The van der Waals surface area contributed by atoms with Gasteiger partial charge in [-0.15, -0.1) is 0 Å². The first kappa shape index (κ1) is 10.9. The van der Waals surface area contributed by atoms with Gasteiger partial charge in [0.15, 0.2) is 6.29 Å². The quantitative estimate of drug-likeness (QED) is 0.500. The summed E-state index contributed by atoms with van der Waals surface area (Å²) < 4.78 is 13.1. The first-order chi connectivity index (χ1) is 8.11. The highest BCUT2D eigenvalue weighted by molar-refractivity contribution is 5.75. The van der Waals surface area contributed by atoms with E-state index in [1.54, 1.807) is 0 Å². The van der Waals surface area contributed by atoms with Gasteiger partial charge in [-0.2, -0.15) is 0 Å². The number of nitro groups is 1. The van der Waals surface area contributed by atoms with Crippen molar-refractivity contribution in [3.63, 3.8) is 0 Å². The van der Waals surface area contributed by atoms with Crippen LogP contribution in [0.4, 0.5) is 10.1 Å². The Hall–Kier alpha value is -2.57. The molecule has 1 heterocycles. The number of aromatic amines is 1. The van der Waals surface area contributed by atoms with E-state index in [-0.39, 0.29) is 22.8 Å². The molecule has 0 aliphatic heterocycles. The fraction of sp³-hybridized carbons (Fsp3) is 0. The predicted octanol–water partition coefficient (Wildman–Crippen LogP) is 1.94. The van der Waals surface area contributed by atoms with Crippen molar-refractivity contribution in [1.29, 1.82) is 0 Å². The normalized spacial score (nSPS) is 10.2. The lowest BCUT2D eigenvalue weighted by Crippen LogP contribution is -1.94. The number of nitrogens with one attached hydrogen (secondary N) is 1. The molecule has 0 unspecified atom stereocenters. The number of H-pyrrole nitrogens is 1. The predicted molar refractivity (Wildman–Crippen MR) is 56.0 cm³/mol. The number of rotatable bonds is 3. The van der Waals surface area contributed by atoms with Gasteiger partial charge in [0.25, 0.3) is 5.69 Å². The van der Waals surface area contributed by atoms with Crippen LogP contribution in [-0.2, 0) is 0 Å². The molecule has 6 nitrogen and oxygen atoms in total. The van der Waals surface area contributed by atoms with Gasteiger partial charge in [-0.05, 0) is 12.1 Å². The van der Waals surface area contributed by atoms with E-state index < -0.39 is 10.7 Å². The van der Waals surface area contributed by atoms with Gasteiger partial charge in [0.2, 0.25) is 0 Å². The minimum Gasteiger partial charge on any atom is -0.336 e. The van der Waals surface area contributed by atoms with Crippen molar-refractivity contribution in [3.05, 3.63) is 46.0 Å². The van der Waals surface area contributed by atoms with Crippen molar-refractivity contribution in [2.75, 3.05) is 0 Å². The van der Waals surface area contributed by atoms with E-state index in [0.29, 0.717) is 6.29 Å². The minimum atomic E-state index is -0.641. The summed E-state index contributed by atoms with van der Waals surface area (Å²) >= 11 is 0. The second kappa shape index (κ2) is 4.12. The maximum atomic E-state index is 13.1. The molecule has 7 heteroatoms. The molecule has 0 saturated heterocycles. The zero-order chi connectivity index (χ0) is 12.4. The van der Waals surface area contributed by atoms with Crippen LogP contribution in [0.15, 0.2) is 24.4 Å². The molecule has 1 aromatic heterocycles. The second-order valence-corrected chi connectivity index (χ2v) is 3.22. The van der Waals surface area contributed by atoms with Crippen LogP contribution in [0.2, 0.25) is 0 Å². The highest BCUT2D eigenvalue weighted by atomic mass is 19.1. The van der Waals surface area contributed by atoms with Crippen LogP contribution in [-0.4, -0.2) is 21.2 Å². The van der Waals surface area contributed by atoms with Gasteiger partial charge in [-0.25, -0.2) is 9.37 Å². The minimum absolute atomic E-state index is 0.00287. The molecule has 0 radical (unpaired) electrons. The summed E-state index contributed by atoms with van der Waals surface area (Å²) in [6.45, 7) is 0. The molecule has 1 N–H and O–H groups in total. The van der Waals surface area contributed by atoms with E-state index in [0.717, 1.165) is 18.2 Å². The van der Waals surface area contributed by atoms with Crippen molar-refractivity contribution in [1.82, 2.24) is 9.97 Å². The number of imidazole rings is 1. The van der Waals surface area contributed by atoms with Crippen LogP contribution >= 0.6 is 0 Å². The topological polar surface area (TPSA) is 88.9 Å². The molecule has 2 rings (SSSR count). The van der Waals surface area contributed by atoms with E-state index in [2.05, 4.69) is 9.97 Å². The largest absolute Gasteiger partial charge is 0.336 e. The summed E-state index contributed by atoms with van der Waals surface area (Å²) in [5.74, 6) is -0.534. The molecule has 1 aromatic carbocycles. The number of nitro benzene ring substituents is 1. The third-order valence-corrected chi connectivity index (χ3v) is 2.13. The Morgan fingerprint density at radius 3 is 2.82 bits per heavy atom. The maximum absolute atomic E-state index is 13.1. The number of hydrogen-bond acceptors (Lipinski definition) is 4. The Balaban J connectivity index is 2.60. The smallest absolute Gasteiger partial charge is 0.280 e. The Bertz CT molecular complexity index is 594. The van der Waals surface area contributed by atoms with Crippen molar-refractivity contribution in [2.45, 2.75) is 0 Å². The van der Waals surface area contributed by atoms with Crippen molar-refractivity contribution in [2.24, 2.45) is 0 Å². The lowest BCUT2D eigenvalue weighted by Gasteiger charge is -1.99. The van der Waals surface area contributed by atoms with E-state index >= 15 is 0 Å². The molecule has 0 aliphatic carbocycles. The fourth-order valence-electron chi connectivity index (χ4n) is 1.39. The first-order valence-electron chi connectivity index (χ1n) is 4.56. The number of aromatic nitrogens is 2. The van der Waals surface area contributed by atoms with Crippen LogP contribution < -0.4 is 0 Å². The molecule has 17 heavy (non-hydrogen) atoms. The molecular weight excluding hydrogens is 229 g/mol. The van der Waals surface area contributed by atoms with Crippen LogP contribution in [0.3, 0.4) is 0 Å². The summed E-state index contributed by atoms with van der Waals surface area (Å²) in [6, 6.07) is 3.03. The lowest BCUT2D eigenvalue weighted by atomic mass is 10.1. The highest BCUT2D eigenvalue weighted by Crippen LogP contribution is 2.28. The molecule has 0 spiro atoms. The Kier molecular flexibility index (Phi) is 2.65. The van der Waals surface area contributed by atoms with Crippen LogP contribution in [0.25, 0.3) is 11.4 Å². The molecule has 0 saturated carbocycles. The molecule has 0 atom stereocenters. The van der Waals surface area contributed by atoms with Crippen molar-refractivity contribution >= 4 is 12.0 Å². The van der Waals surface area contributed by atoms with E-state index in [4.69, 9.17) is 0 Å². The Morgan fingerprint density at radius 2 is 2.24 bits per heavy atom. The third-order valence-electron chi connectivity index (χ3n) is 2.13. The Morgan fingerprint density at radius 1 is 1.47 bits per heavy atom. The average Bonchev–Trinajstić information content (AvgIpc) is 2.76.